The van der Waals surface area contributed by atoms with E-state index < -0.39 is 0 Å². The molecule has 1 heterocycles. The number of ether oxygens (including phenoxy) is 1. The third kappa shape index (κ3) is 3.13. The van der Waals surface area contributed by atoms with Crippen LogP contribution >= 0.6 is 0 Å². The van der Waals surface area contributed by atoms with Crippen LogP contribution in [0.5, 0.6) is 5.75 Å². The Morgan fingerprint density at radius 2 is 1.83 bits per heavy atom. The van der Waals surface area contributed by atoms with Gasteiger partial charge in [-0.2, -0.15) is 0 Å². The van der Waals surface area contributed by atoms with Crippen molar-refractivity contribution in [3.05, 3.63) is 71.0 Å². The molecule has 0 spiro atoms. The molecular weight excluding hydrogens is 290 g/mol. The zero-order valence-corrected chi connectivity index (χ0v) is 13.1. The quantitative estimate of drug-likeness (QED) is 0.679. The Kier molecular flexibility index (Phi) is 4.19. The average Bonchev–Trinajstić information content (AvgIpc) is 2.97. The van der Waals surface area contributed by atoms with Gasteiger partial charge in [0, 0.05) is 0 Å². The fourth-order valence-corrected chi connectivity index (χ4v) is 2.32. The first-order valence-electron chi connectivity index (χ1n) is 7.34. The second-order valence-electron chi connectivity index (χ2n) is 5.34. The van der Waals surface area contributed by atoms with Crippen molar-refractivity contribution in [2.45, 2.75) is 20.5 Å². The van der Waals surface area contributed by atoms with E-state index >= 15 is 0 Å². The molecule has 0 bridgehead atoms. The topological polar surface area (TPSA) is 57.0 Å². The Balaban J connectivity index is 1.91. The molecule has 0 amide bonds. The number of carbonyl (C=O) groups excluding carboxylic acids is 1. The van der Waals surface area contributed by atoms with Gasteiger partial charge in [0.15, 0.2) is 12.0 Å². The molecule has 5 nitrogen and oxygen atoms in total. The lowest BCUT2D eigenvalue weighted by Crippen LogP contribution is -2.08. The van der Waals surface area contributed by atoms with E-state index in [9.17, 15) is 4.79 Å². The van der Waals surface area contributed by atoms with Gasteiger partial charge in [0.2, 0.25) is 0 Å². The number of para-hydroxylation sites is 1. The molecular formula is C18H17N3O2. The van der Waals surface area contributed by atoms with Crippen molar-refractivity contribution in [3.63, 3.8) is 0 Å². The SMILES string of the molecule is Cc1ccc(OCc2c(C=O)nnn2-c2ccccc2C)cc1. The van der Waals surface area contributed by atoms with Gasteiger partial charge in [-0.15, -0.1) is 5.10 Å². The third-order valence-electron chi connectivity index (χ3n) is 3.65. The maximum atomic E-state index is 11.2. The van der Waals surface area contributed by atoms with Crippen LogP contribution < -0.4 is 4.74 Å². The van der Waals surface area contributed by atoms with Crippen LogP contribution in [0, 0.1) is 13.8 Å². The third-order valence-corrected chi connectivity index (χ3v) is 3.65. The summed E-state index contributed by atoms with van der Waals surface area (Å²) in [6.07, 6.45) is 0.704. The highest BCUT2D eigenvalue weighted by Gasteiger charge is 2.15. The first kappa shape index (κ1) is 15.0. The fraction of sp³-hybridized carbons (Fsp3) is 0.167. The highest BCUT2D eigenvalue weighted by molar-refractivity contribution is 5.73. The van der Waals surface area contributed by atoms with E-state index in [1.54, 1.807) is 4.68 Å². The van der Waals surface area contributed by atoms with E-state index in [1.807, 2.05) is 62.4 Å². The summed E-state index contributed by atoms with van der Waals surface area (Å²) in [5.74, 6) is 0.741. The summed E-state index contributed by atoms with van der Waals surface area (Å²) in [6.45, 7) is 4.23. The van der Waals surface area contributed by atoms with E-state index in [2.05, 4.69) is 10.3 Å². The number of nitrogens with zero attached hydrogens (tertiary/aromatic N) is 3. The lowest BCUT2D eigenvalue weighted by Gasteiger charge is -2.11. The molecule has 5 heteroatoms. The molecule has 0 radical (unpaired) electrons. The minimum Gasteiger partial charge on any atom is -0.487 e. The Morgan fingerprint density at radius 3 is 2.52 bits per heavy atom. The van der Waals surface area contributed by atoms with Crippen molar-refractivity contribution in [1.82, 2.24) is 15.0 Å². The Hall–Kier alpha value is -2.95. The summed E-state index contributed by atoms with van der Waals surface area (Å²) in [7, 11) is 0. The van der Waals surface area contributed by atoms with Crippen molar-refractivity contribution in [2.24, 2.45) is 0 Å². The molecule has 0 aliphatic rings. The molecule has 0 atom stereocenters. The Bertz CT molecular complexity index is 823. The number of aldehydes is 1. The average molecular weight is 307 g/mol. The fourth-order valence-electron chi connectivity index (χ4n) is 2.32. The highest BCUT2D eigenvalue weighted by atomic mass is 16.5. The van der Waals surface area contributed by atoms with Gasteiger partial charge in [-0.05, 0) is 37.6 Å². The number of aromatic nitrogens is 3. The summed E-state index contributed by atoms with van der Waals surface area (Å²) in [5.41, 5.74) is 4.02. The summed E-state index contributed by atoms with van der Waals surface area (Å²) in [4.78, 5) is 11.2. The van der Waals surface area contributed by atoms with E-state index in [1.165, 1.54) is 0 Å². The summed E-state index contributed by atoms with van der Waals surface area (Å²) < 4.78 is 7.45. The monoisotopic (exact) mass is 307 g/mol. The van der Waals surface area contributed by atoms with Crippen molar-refractivity contribution < 1.29 is 9.53 Å². The molecule has 116 valence electrons. The van der Waals surface area contributed by atoms with Crippen LogP contribution in [0.4, 0.5) is 0 Å². The van der Waals surface area contributed by atoms with Gasteiger partial charge in [-0.25, -0.2) is 4.68 Å². The highest BCUT2D eigenvalue weighted by Crippen LogP contribution is 2.19. The number of benzene rings is 2. The smallest absolute Gasteiger partial charge is 0.172 e. The van der Waals surface area contributed by atoms with Crippen LogP contribution in [0.15, 0.2) is 48.5 Å². The first-order valence-corrected chi connectivity index (χ1v) is 7.34. The second kappa shape index (κ2) is 6.44. The van der Waals surface area contributed by atoms with E-state index in [-0.39, 0.29) is 6.61 Å². The molecule has 2 aromatic carbocycles. The van der Waals surface area contributed by atoms with Crippen molar-refractivity contribution in [2.75, 3.05) is 0 Å². The van der Waals surface area contributed by atoms with Gasteiger partial charge in [0.1, 0.15) is 18.1 Å². The molecule has 0 unspecified atom stereocenters. The minimum absolute atomic E-state index is 0.221. The molecule has 23 heavy (non-hydrogen) atoms. The zero-order chi connectivity index (χ0) is 16.2. The van der Waals surface area contributed by atoms with Gasteiger partial charge >= 0.3 is 0 Å². The van der Waals surface area contributed by atoms with E-state index in [0.717, 1.165) is 22.6 Å². The number of carbonyl (C=O) groups is 1. The molecule has 0 saturated carbocycles. The summed E-state index contributed by atoms with van der Waals surface area (Å²) >= 11 is 0. The van der Waals surface area contributed by atoms with Gasteiger partial charge in [-0.1, -0.05) is 41.1 Å². The molecule has 0 N–H and O–H groups in total. The van der Waals surface area contributed by atoms with Crippen LogP contribution in [0.25, 0.3) is 5.69 Å². The van der Waals surface area contributed by atoms with Crippen LogP contribution in [-0.4, -0.2) is 21.3 Å². The number of hydrogen-bond acceptors (Lipinski definition) is 4. The minimum atomic E-state index is 0.221. The lowest BCUT2D eigenvalue weighted by molar-refractivity contribution is 0.111. The predicted octanol–water partition coefficient (Wildman–Crippen LogP) is 3.28. The largest absolute Gasteiger partial charge is 0.487 e. The molecule has 3 aromatic rings. The number of aryl methyl sites for hydroxylation is 2. The molecule has 1 aromatic heterocycles. The zero-order valence-electron chi connectivity index (χ0n) is 13.1. The van der Waals surface area contributed by atoms with Gasteiger partial charge in [0.25, 0.3) is 0 Å². The molecule has 3 rings (SSSR count). The number of hydrogen-bond donors (Lipinski definition) is 0. The molecule has 0 saturated heterocycles. The maximum Gasteiger partial charge on any atom is 0.172 e. The maximum absolute atomic E-state index is 11.2. The van der Waals surface area contributed by atoms with Crippen molar-refractivity contribution in [1.29, 1.82) is 0 Å². The standard InChI is InChI=1S/C18H17N3O2/c1-13-7-9-15(10-8-13)23-12-18-16(11-22)19-20-21(18)17-6-4-3-5-14(17)2/h3-11H,12H2,1-2H3. The lowest BCUT2D eigenvalue weighted by atomic mass is 10.2. The van der Waals surface area contributed by atoms with Crippen LogP contribution in [0.1, 0.15) is 27.3 Å². The predicted molar refractivity (Wildman–Crippen MR) is 87.0 cm³/mol. The molecule has 0 aliphatic heterocycles. The van der Waals surface area contributed by atoms with Gasteiger partial charge in [0.05, 0.1) is 5.69 Å². The van der Waals surface area contributed by atoms with Crippen molar-refractivity contribution in [3.8, 4) is 11.4 Å². The normalized spacial score (nSPS) is 10.5. The summed E-state index contributed by atoms with van der Waals surface area (Å²) in [5, 5.41) is 8.04. The van der Waals surface area contributed by atoms with E-state index in [4.69, 9.17) is 4.74 Å². The van der Waals surface area contributed by atoms with Crippen LogP contribution in [0.2, 0.25) is 0 Å². The first-order chi connectivity index (χ1) is 11.2. The molecule has 0 fully saturated rings. The van der Waals surface area contributed by atoms with Gasteiger partial charge < -0.3 is 4.74 Å². The summed E-state index contributed by atoms with van der Waals surface area (Å²) in [6, 6.07) is 15.6. The second-order valence-corrected chi connectivity index (χ2v) is 5.34. The molecule has 0 aliphatic carbocycles. The van der Waals surface area contributed by atoms with Gasteiger partial charge in [-0.3, -0.25) is 4.79 Å². The van der Waals surface area contributed by atoms with Crippen molar-refractivity contribution >= 4 is 6.29 Å². The van der Waals surface area contributed by atoms with E-state index in [0.29, 0.717) is 17.7 Å². The Morgan fingerprint density at radius 1 is 1.09 bits per heavy atom. The van der Waals surface area contributed by atoms with Crippen LogP contribution in [0.3, 0.4) is 0 Å². The number of rotatable bonds is 5. The van der Waals surface area contributed by atoms with Crippen LogP contribution in [-0.2, 0) is 6.61 Å². The Labute approximate surface area is 134 Å².